The highest BCUT2D eigenvalue weighted by molar-refractivity contribution is 5.84. The molecule has 0 aromatic rings. The monoisotopic (exact) mass is 253 g/mol. The Labute approximate surface area is 110 Å². The van der Waals surface area contributed by atoms with E-state index < -0.39 is 5.54 Å². The Morgan fingerprint density at radius 2 is 2.00 bits per heavy atom. The van der Waals surface area contributed by atoms with Crippen LogP contribution in [0.5, 0.6) is 0 Å². The van der Waals surface area contributed by atoms with Gasteiger partial charge in [-0.15, -0.1) is 0 Å². The molecule has 1 aliphatic heterocycles. The van der Waals surface area contributed by atoms with E-state index in [4.69, 9.17) is 5.73 Å². The van der Waals surface area contributed by atoms with Gasteiger partial charge in [-0.25, -0.2) is 0 Å². The molecule has 1 saturated carbocycles. The van der Waals surface area contributed by atoms with Gasteiger partial charge in [0.15, 0.2) is 0 Å². The van der Waals surface area contributed by atoms with Crippen molar-refractivity contribution < 1.29 is 4.79 Å². The molecular weight excluding hydrogens is 226 g/mol. The van der Waals surface area contributed by atoms with E-state index in [0.29, 0.717) is 6.04 Å². The van der Waals surface area contributed by atoms with Crippen molar-refractivity contribution in [2.24, 2.45) is 5.73 Å². The van der Waals surface area contributed by atoms with Crippen LogP contribution in [0, 0.1) is 0 Å². The number of nitrogens with one attached hydrogen (secondary N) is 1. The molecule has 0 aromatic carbocycles. The third-order valence-corrected chi connectivity index (χ3v) is 4.24. The van der Waals surface area contributed by atoms with Crippen LogP contribution in [0.1, 0.15) is 51.9 Å². The van der Waals surface area contributed by atoms with Crippen LogP contribution in [0.25, 0.3) is 0 Å². The Bertz CT molecular complexity index is 285. The molecule has 1 aliphatic carbocycles. The Kier molecular flexibility index (Phi) is 4.62. The van der Waals surface area contributed by atoms with Gasteiger partial charge in [-0.05, 0) is 65.1 Å². The minimum atomic E-state index is -0.503. The average Bonchev–Trinajstić information content (AvgIpc) is 3.14. The molecular formula is C14H27N3O. The largest absolute Gasteiger partial charge is 0.368 e. The number of rotatable bonds is 7. The van der Waals surface area contributed by atoms with Gasteiger partial charge in [-0.3, -0.25) is 4.79 Å². The van der Waals surface area contributed by atoms with Crippen LogP contribution in [-0.2, 0) is 4.79 Å². The van der Waals surface area contributed by atoms with Crippen molar-refractivity contribution >= 4 is 5.91 Å². The van der Waals surface area contributed by atoms with Gasteiger partial charge in [0.1, 0.15) is 0 Å². The van der Waals surface area contributed by atoms with Crippen molar-refractivity contribution in [3.05, 3.63) is 0 Å². The fourth-order valence-corrected chi connectivity index (χ4v) is 2.78. The zero-order valence-corrected chi connectivity index (χ0v) is 11.6. The van der Waals surface area contributed by atoms with E-state index in [0.717, 1.165) is 19.4 Å². The molecule has 1 amide bonds. The molecule has 2 fully saturated rings. The van der Waals surface area contributed by atoms with Gasteiger partial charge < -0.3 is 16.0 Å². The fraction of sp³-hybridized carbons (Fsp3) is 0.929. The summed E-state index contributed by atoms with van der Waals surface area (Å²) in [6.45, 7) is 5.52. The normalized spacial score (nSPS) is 24.7. The number of nitrogens with two attached hydrogens (primary N) is 1. The highest BCUT2D eigenvalue weighted by Gasteiger charge is 2.36. The van der Waals surface area contributed by atoms with Crippen molar-refractivity contribution in [1.29, 1.82) is 0 Å². The minimum Gasteiger partial charge on any atom is -0.368 e. The summed E-state index contributed by atoms with van der Waals surface area (Å²) in [5.41, 5.74) is 5.05. The summed E-state index contributed by atoms with van der Waals surface area (Å²) in [5, 5.41) is 3.41. The first kappa shape index (κ1) is 13.8. The maximum absolute atomic E-state index is 11.6. The fourth-order valence-electron chi connectivity index (χ4n) is 2.78. The lowest BCUT2D eigenvalue weighted by molar-refractivity contribution is -0.124. The van der Waals surface area contributed by atoms with E-state index in [9.17, 15) is 4.79 Å². The summed E-state index contributed by atoms with van der Waals surface area (Å²) < 4.78 is 0. The van der Waals surface area contributed by atoms with E-state index >= 15 is 0 Å². The van der Waals surface area contributed by atoms with Crippen molar-refractivity contribution in [3.63, 3.8) is 0 Å². The predicted octanol–water partition coefficient (Wildman–Crippen LogP) is 1.25. The second-order valence-corrected chi connectivity index (χ2v) is 6.12. The molecule has 2 aliphatic rings. The third kappa shape index (κ3) is 3.95. The summed E-state index contributed by atoms with van der Waals surface area (Å²) >= 11 is 0. The Balaban J connectivity index is 1.72. The van der Waals surface area contributed by atoms with Crippen LogP contribution in [0.3, 0.4) is 0 Å². The molecule has 1 saturated heterocycles. The first-order chi connectivity index (χ1) is 8.60. The molecule has 1 heterocycles. The van der Waals surface area contributed by atoms with Crippen LogP contribution >= 0.6 is 0 Å². The highest BCUT2D eigenvalue weighted by Crippen LogP contribution is 2.25. The van der Waals surface area contributed by atoms with E-state index in [1.165, 1.54) is 45.2 Å². The van der Waals surface area contributed by atoms with Crippen LogP contribution < -0.4 is 11.1 Å². The number of likely N-dealkylation sites (tertiary alicyclic amines) is 1. The average molecular weight is 253 g/mol. The number of primary amides is 1. The van der Waals surface area contributed by atoms with Gasteiger partial charge in [0, 0.05) is 6.04 Å². The molecule has 3 N–H and O–H groups in total. The summed E-state index contributed by atoms with van der Waals surface area (Å²) in [4.78, 5) is 14.1. The Hall–Kier alpha value is -0.610. The number of hydrogen-bond acceptors (Lipinski definition) is 3. The molecule has 4 heteroatoms. The number of carbonyl (C=O) groups excluding carboxylic acids is 1. The Morgan fingerprint density at radius 3 is 2.56 bits per heavy atom. The first-order valence-electron chi connectivity index (χ1n) is 7.40. The predicted molar refractivity (Wildman–Crippen MR) is 73.3 cm³/mol. The van der Waals surface area contributed by atoms with Gasteiger partial charge in [0.05, 0.1) is 5.54 Å². The number of carbonyl (C=O) groups is 1. The van der Waals surface area contributed by atoms with Crippen molar-refractivity contribution in [3.8, 4) is 0 Å². The first-order valence-corrected chi connectivity index (χ1v) is 7.40. The summed E-state index contributed by atoms with van der Waals surface area (Å²) in [7, 11) is 0. The number of hydrogen-bond donors (Lipinski definition) is 2. The maximum Gasteiger partial charge on any atom is 0.237 e. The molecule has 0 bridgehead atoms. The molecule has 0 radical (unpaired) electrons. The van der Waals surface area contributed by atoms with E-state index in [2.05, 4.69) is 10.2 Å². The third-order valence-electron chi connectivity index (χ3n) is 4.24. The van der Waals surface area contributed by atoms with Crippen LogP contribution in [0.2, 0.25) is 0 Å². The van der Waals surface area contributed by atoms with Gasteiger partial charge in [0.2, 0.25) is 5.91 Å². The lowest BCUT2D eigenvalue weighted by Gasteiger charge is -2.30. The van der Waals surface area contributed by atoms with Gasteiger partial charge >= 0.3 is 0 Å². The molecule has 4 nitrogen and oxygen atoms in total. The minimum absolute atomic E-state index is 0.201. The molecule has 0 spiro atoms. The van der Waals surface area contributed by atoms with Crippen LogP contribution in [-0.4, -0.2) is 42.0 Å². The highest BCUT2D eigenvalue weighted by atomic mass is 16.1. The quantitative estimate of drug-likeness (QED) is 0.718. The summed E-state index contributed by atoms with van der Waals surface area (Å²) in [6.07, 6.45) is 8.32. The molecule has 0 aromatic heterocycles. The summed E-state index contributed by atoms with van der Waals surface area (Å²) in [5.74, 6) is -0.201. The van der Waals surface area contributed by atoms with Gasteiger partial charge in [0.25, 0.3) is 0 Å². The number of amides is 1. The van der Waals surface area contributed by atoms with Gasteiger partial charge in [-0.1, -0.05) is 6.42 Å². The molecule has 1 unspecified atom stereocenters. The summed E-state index contributed by atoms with van der Waals surface area (Å²) in [6, 6.07) is 0.525. The maximum atomic E-state index is 11.6. The topological polar surface area (TPSA) is 58.4 Å². The van der Waals surface area contributed by atoms with E-state index in [1.54, 1.807) is 0 Å². The van der Waals surface area contributed by atoms with Gasteiger partial charge in [-0.2, -0.15) is 0 Å². The lowest BCUT2D eigenvalue weighted by atomic mass is 9.94. The zero-order chi connectivity index (χ0) is 13.0. The second kappa shape index (κ2) is 6.02. The lowest BCUT2D eigenvalue weighted by Crippen LogP contribution is -2.54. The number of nitrogens with zero attached hydrogens (tertiary/aromatic N) is 1. The second-order valence-electron chi connectivity index (χ2n) is 6.12. The number of piperidine rings is 1. The van der Waals surface area contributed by atoms with Crippen molar-refractivity contribution in [1.82, 2.24) is 10.2 Å². The van der Waals surface area contributed by atoms with Crippen molar-refractivity contribution in [2.75, 3.05) is 19.6 Å². The Morgan fingerprint density at radius 1 is 1.33 bits per heavy atom. The van der Waals surface area contributed by atoms with E-state index in [-0.39, 0.29) is 5.91 Å². The molecule has 18 heavy (non-hydrogen) atoms. The smallest absolute Gasteiger partial charge is 0.237 e. The molecule has 1 atom stereocenters. The van der Waals surface area contributed by atoms with E-state index in [1.807, 2.05) is 6.92 Å². The standard InChI is InChI=1S/C14H27N3O/c1-14(13(15)18,16-12-6-7-12)8-5-11-17-9-3-2-4-10-17/h12,16H,2-11H2,1H3,(H2,15,18). The van der Waals surface area contributed by atoms with Crippen LogP contribution in [0.15, 0.2) is 0 Å². The molecule has 104 valence electrons. The molecule has 2 rings (SSSR count). The van der Waals surface area contributed by atoms with Crippen LogP contribution in [0.4, 0.5) is 0 Å². The zero-order valence-electron chi connectivity index (χ0n) is 11.6. The van der Waals surface area contributed by atoms with Crippen molar-refractivity contribution in [2.45, 2.75) is 63.5 Å². The SMILES string of the molecule is CC(CCCN1CCCCC1)(NC1CC1)C(N)=O.